The van der Waals surface area contributed by atoms with E-state index in [1.807, 2.05) is 29.8 Å². The van der Waals surface area contributed by atoms with Crippen molar-refractivity contribution < 1.29 is 14.3 Å². The van der Waals surface area contributed by atoms with Gasteiger partial charge in [0, 0.05) is 17.7 Å². The van der Waals surface area contributed by atoms with Gasteiger partial charge in [-0.2, -0.15) is 5.10 Å². The predicted molar refractivity (Wildman–Crippen MR) is 111 cm³/mol. The van der Waals surface area contributed by atoms with Crippen LogP contribution in [0.1, 0.15) is 54.8 Å². The number of amides is 1. The summed E-state index contributed by atoms with van der Waals surface area (Å²) in [7, 11) is 1.69. The van der Waals surface area contributed by atoms with Gasteiger partial charge in [-0.15, -0.1) is 11.8 Å². The molecule has 1 amide bonds. The minimum Gasteiger partial charge on any atom is -0.496 e. The number of ether oxygens (including phenoxy) is 2. The van der Waals surface area contributed by atoms with Crippen LogP contribution in [0.3, 0.4) is 0 Å². The average molecular weight is 402 g/mol. The first-order chi connectivity index (χ1) is 13.4. The molecular weight excluding hydrogens is 374 g/mol. The van der Waals surface area contributed by atoms with E-state index in [9.17, 15) is 4.79 Å². The zero-order chi connectivity index (χ0) is 19.9. The van der Waals surface area contributed by atoms with Gasteiger partial charge in [0.25, 0.3) is 0 Å². The third kappa shape index (κ3) is 3.53. The van der Waals surface area contributed by atoms with Crippen molar-refractivity contribution in [1.29, 1.82) is 0 Å². The molecule has 0 bridgehead atoms. The second-order valence-electron chi connectivity index (χ2n) is 8.03. The number of fused-ring (bicyclic) bond motifs is 1. The zero-order valence-corrected chi connectivity index (χ0v) is 17.6. The molecule has 2 aliphatic rings. The SMILES string of the molecule is COc1ccccc1C1SCC(=O)Nc2c1c(C)nn2C1CCOC(C)(C)C1. The number of benzene rings is 1. The Kier molecular flexibility index (Phi) is 5.14. The fraction of sp³-hybridized carbons (Fsp3) is 0.524. The van der Waals surface area contributed by atoms with Crippen LogP contribution in [0.4, 0.5) is 5.82 Å². The fourth-order valence-electron chi connectivity index (χ4n) is 4.21. The molecular formula is C21H27N3O3S. The van der Waals surface area contributed by atoms with E-state index in [1.165, 1.54) is 0 Å². The highest BCUT2D eigenvalue weighted by Gasteiger charge is 2.36. The maximum absolute atomic E-state index is 12.5. The van der Waals surface area contributed by atoms with Gasteiger partial charge in [-0.05, 0) is 39.7 Å². The third-order valence-electron chi connectivity index (χ3n) is 5.47. The van der Waals surface area contributed by atoms with Gasteiger partial charge in [0.15, 0.2) is 0 Å². The second-order valence-corrected chi connectivity index (χ2v) is 9.12. The summed E-state index contributed by atoms with van der Waals surface area (Å²) in [6.45, 7) is 6.95. The van der Waals surface area contributed by atoms with Crippen molar-refractivity contribution in [3.63, 3.8) is 0 Å². The van der Waals surface area contributed by atoms with Crippen LogP contribution in [-0.2, 0) is 9.53 Å². The molecule has 28 heavy (non-hydrogen) atoms. The molecule has 1 saturated heterocycles. The summed E-state index contributed by atoms with van der Waals surface area (Å²) >= 11 is 1.62. The smallest absolute Gasteiger partial charge is 0.235 e. The van der Waals surface area contributed by atoms with Crippen molar-refractivity contribution in [1.82, 2.24) is 9.78 Å². The van der Waals surface area contributed by atoms with Crippen LogP contribution in [0.5, 0.6) is 5.75 Å². The predicted octanol–water partition coefficient (Wildman–Crippen LogP) is 4.10. The number of thioether (sulfide) groups is 1. The van der Waals surface area contributed by atoms with E-state index in [0.717, 1.165) is 41.2 Å². The van der Waals surface area contributed by atoms with E-state index in [1.54, 1.807) is 18.9 Å². The van der Waals surface area contributed by atoms with Gasteiger partial charge >= 0.3 is 0 Å². The van der Waals surface area contributed by atoms with Crippen LogP contribution in [0.2, 0.25) is 0 Å². The molecule has 150 valence electrons. The van der Waals surface area contributed by atoms with E-state index >= 15 is 0 Å². The minimum absolute atomic E-state index is 0.00768. The number of aromatic nitrogens is 2. The highest BCUT2D eigenvalue weighted by Crippen LogP contribution is 2.47. The molecule has 1 aromatic heterocycles. The van der Waals surface area contributed by atoms with Gasteiger partial charge in [-0.1, -0.05) is 18.2 Å². The lowest BCUT2D eigenvalue weighted by Gasteiger charge is -2.36. The van der Waals surface area contributed by atoms with Crippen molar-refractivity contribution >= 4 is 23.5 Å². The Morgan fingerprint density at radius 2 is 2.14 bits per heavy atom. The summed E-state index contributed by atoms with van der Waals surface area (Å²) < 4.78 is 13.5. The Morgan fingerprint density at radius 1 is 1.36 bits per heavy atom. The number of carbonyl (C=O) groups excluding carboxylic acids is 1. The van der Waals surface area contributed by atoms with E-state index in [0.29, 0.717) is 12.4 Å². The standard InChI is InChI=1S/C21H27N3O3S/c1-13-18-19(15-7-5-6-8-16(15)26-4)28-12-17(25)22-20(18)24(23-13)14-9-10-27-21(2,3)11-14/h5-8,14,19H,9-12H2,1-4H3,(H,22,25). The summed E-state index contributed by atoms with van der Waals surface area (Å²) in [6.07, 6.45) is 1.75. The lowest BCUT2D eigenvalue weighted by molar-refractivity contribution is -0.113. The molecule has 0 radical (unpaired) electrons. The highest BCUT2D eigenvalue weighted by molar-refractivity contribution is 8.00. The van der Waals surface area contributed by atoms with Crippen molar-refractivity contribution in [2.45, 2.75) is 50.5 Å². The van der Waals surface area contributed by atoms with Crippen LogP contribution < -0.4 is 10.1 Å². The third-order valence-corrected chi connectivity index (χ3v) is 6.72. The van der Waals surface area contributed by atoms with Gasteiger partial charge in [0.05, 0.1) is 35.4 Å². The monoisotopic (exact) mass is 401 g/mol. The largest absolute Gasteiger partial charge is 0.496 e. The number of rotatable bonds is 3. The van der Waals surface area contributed by atoms with Crippen molar-refractivity contribution in [3.8, 4) is 5.75 Å². The topological polar surface area (TPSA) is 65.4 Å². The molecule has 1 aromatic carbocycles. The van der Waals surface area contributed by atoms with E-state index in [2.05, 4.69) is 25.2 Å². The Bertz CT molecular complexity index is 893. The Labute approximate surface area is 170 Å². The minimum atomic E-state index is -0.193. The maximum atomic E-state index is 12.5. The molecule has 2 unspecified atom stereocenters. The molecule has 2 aromatic rings. The van der Waals surface area contributed by atoms with Gasteiger partial charge in [0.1, 0.15) is 11.6 Å². The number of aryl methyl sites for hydroxylation is 1. The number of anilines is 1. The molecule has 2 aliphatic heterocycles. The van der Waals surface area contributed by atoms with Crippen LogP contribution >= 0.6 is 11.8 Å². The normalized spacial score (nSPS) is 24.2. The second kappa shape index (κ2) is 7.44. The molecule has 6 nitrogen and oxygen atoms in total. The highest BCUT2D eigenvalue weighted by atomic mass is 32.2. The number of nitrogens with one attached hydrogen (secondary N) is 1. The summed E-state index contributed by atoms with van der Waals surface area (Å²) in [6, 6.07) is 8.22. The summed E-state index contributed by atoms with van der Waals surface area (Å²) in [5.41, 5.74) is 2.90. The zero-order valence-electron chi connectivity index (χ0n) is 16.8. The van der Waals surface area contributed by atoms with Gasteiger partial charge in [0.2, 0.25) is 5.91 Å². The van der Waals surface area contributed by atoms with Crippen LogP contribution in [0, 0.1) is 6.92 Å². The van der Waals surface area contributed by atoms with Crippen molar-refractivity contribution in [3.05, 3.63) is 41.1 Å². The van der Waals surface area contributed by atoms with Gasteiger partial charge in [-0.3, -0.25) is 4.79 Å². The fourth-order valence-corrected chi connectivity index (χ4v) is 5.42. The van der Waals surface area contributed by atoms with Crippen molar-refractivity contribution in [2.24, 2.45) is 0 Å². The Morgan fingerprint density at radius 3 is 2.89 bits per heavy atom. The van der Waals surface area contributed by atoms with E-state index < -0.39 is 0 Å². The molecule has 0 aliphatic carbocycles. The first kappa shape index (κ1) is 19.3. The first-order valence-electron chi connectivity index (χ1n) is 9.67. The number of carbonyl (C=O) groups is 1. The molecule has 3 heterocycles. The summed E-state index contributed by atoms with van der Waals surface area (Å²) in [5, 5.41) is 8.01. The quantitative estimate of drug-likeness (QED) is 0.839. The van der Waals surface area contributed by atoms with E-state index in [4.69, 9.17) is 14.6 Å². The van der Waals surface area contributed by atoms with Crippen LogP contribution in [0.25, 0.3) is 0 Å². The maximum Gasteiger partial charge on any atom is 0.235 e. The van der Waals surface area contributed by atoms with Crippen LogP contribution in [0.15, 0.2) is 24.3 Å². The molecule has 0 spiro atoms. The number of hydrogen-bond acceptors (Lipinski definition) is 5. The number of nitrogens with zero attached hydrogens (tertiary/aromatic N) is 2. The molecule has 1 N–H and O–H groups in total. The number of methoxy groups -OCH3 is 1. The molecule has 2 atom stereocenters. The number of para-hydroxylation sites is 1. The summed E-state index contributed by atoms with van der Waals surface area (Å²) in [5.74, 6) is 2.07. The van der Waals surface area contributed by atoms with Crippen molar-refractivity contribution in [2.75, 3.05) is 24.8 Å². The number of hydrogen-bond donors (Lipinski definition) is 1. The lowest BCUT2D eigenvalue weighted by Crippen LogP contribution is -2.36. The molecule has 4 rings (SSSR count). The van der Waals surface area contributed by atoms with Gasteiger partial charge < -0.3 is 14.8 Å². The van der Waals surface area contributed by atoms with Crippen LogP contribution in [-0.4, -0.2) is 40.8 Å². The van der Waals surface area contributed by atoms with E-state index in [-0.39, 0.29) is 22.8 Å². The average Bonchev–Trinajstić information content (AvgIpc) is 2.87. The molecule has 1 fully saturated rings. The van der Waals surface area contributed by atoms with Gasteiger partial charge in [-0.25, -0.2) is 4.68 Å². The lowest BCUT2D eigenvalue weighted by atomic mass is 9.94. The molecule has 7 heteroatoms. The summed E-state index contributed by atoms with van der Waals surface area (Å²) in [4.78, 5) is 12.5. The molecule has 0 saturated carbocycles. The first-order valence-corrected chi connectivity index (χ1v) is 10.7. The Hall–Kier alpha value is -1.99. The Balaban J connectivity index is 1.82.